The zero-order valence-corrected chi connectivity index (χ0v) is 13.2. The van der Waals surface area contributed by atoms with Gasteiger partial charge in [-0.25, -0.2) is 12.8 Å². The molecule has 0 unspecified atom stereocenters. The second-order valence-corrected chi connectivity index (χ2v) is 7.77. The molecule has 1 aromatic rings. The second-order valence-electron chi connectivity index (χ2n) is 5.83. The van der Waals surface area contributed by atoms with Crippen LogP contribution in [0.4, 0.5) is 10.1 Å². The Morgan fingerprint density at radius 1 is 1.10 bits per heavy atom. The topological polar surface area (TPSA) is 63.4 Å². The molecule has 1 aromatic carbocycles. The summed E-state index contributed by atoms with van der Waals surface area (Å²) < 4.78 is 40.0. The van der Waals surface area contributed by atoms with Gasteiger partial charge in [0.05, 0.1) is 4.90 Å². The summed E-state index contributed by atoms with van der Waals surface area (Å²) in [5, 5.41) is 0. The maximum Gasteiger partial charge on any atom is 0.243 e. The molecule has 0 saturated heterocycles. The molecule has 4 nitrogen and oxygen atoms in total. The van der Waals surface area contributed by atoms with Crippen LogP contribution in [-0.2, 0) is 10.0 Å². The van der Waals surface area contributed by atoms with Crippen LogP contribution in [-0.4, -0.2) is 25.8 Å². The summed E-state index contributed by atoms with van der Waals surface area (Å²) in [6.07, 6.45) is 0. The van der Waals surface area contributed by atoms with Crippen LogP contribution < -0.4 is 5.73 Å². The van der Waals surface area contributed by atoms with Crippen molar-refractivity contribution in [1.29, 1.82) is 0 Å². The largest absolute Gasteiger partial charge is 0.399 e. The average molecular weight is 302 g/mol. The monoisotopic (exact) mass is 302 g/mol. The fourth-order valence-corrected chi connectivity index (χ4v) is 3.80. The van der Waals surface area contributed by atoms with E-state index in [1.165, 1.54) is 10.4 Å². The molecule has 1 rings (SSSR count). The summed E-state index contributed by atoms with van der Waals surface area (Å²) in [5.41, 5.74) is 5.64. The molecule has 0 amide bonds. The first-order chi connectivity index (χ1) is 9.12. The summed E-state index contributed by atoms with van der Waals surface area (Å²) >= 11 is 0. The smallest absolute Gasteiger partial charge is 0.243 e. The molecule has 0 radical (unpaired) electrons. The lowest BCUT2D eigenvalue weighted by Gasteiger charge is -2.25. The van der Waals surface area contributed by atoms with E-state index in [-0.39, 0.29) is 22.4 Å². The summed E-state index contributed by atoms with van der Waals surface area (Å²) in [7, 11) is -3.72. The van der Waals surface area contributed by atoms with Crippen LogP contribution in [0, 0.1) is 17.7 Å². The van der Waals surface area contributed by atoms with Crippen molar-refractivity contribution in [3.05, 3.63) is 24.0 Å². The quantitative estimate of drug-likeness (QED) is 0.822. The fourth-order valence-electron chi connectivity index (χ4n) is 1.97. The Morgan fingerprint density at radius 3 is 2.00 bits per heavy atom. The van der Waals surface area contributed by atoms with Gasteiger partial charge in [0, 0.05) is 18.8 Å². The van der Waals surface area contributed by atoms with E-state index < -0.39 is 15.8 Å². The molecule has 114 valence electrons. The van der Waals surface area contributed by atoms with Gasteiger partial charge in [0.1, 0.15) is 5.82 Å². The second kappa shape index (κ2) is 6.54. The van der Waals surface area contributed by atoms with Gasteiger partial charge in [-0.3, -0.25) is 0 Å². The number of sulfonamides is 1. The number of nitrogen functional groups attached to an aromatic ring is 1. The standard InChI is InChI=1S/C14H23FN2O2S/c1-10(2)8-17(9-11(3)4)20(18,19)14-6-12(15)5-13(16)7-14/h5-7,10-11H,8-9,16H2,1-4H3. The molecule has 0 atom stereocenters. The highest BCUT2D eigenvalue weighted by molar-refractivity contribution is 7.89. The van der Waals surface area contributed by atoms with Crippen LogP contribution in [0.25, 0.3) is 0 Å². The molecule has 0 aliphatic carbocycles. The minimum atomic E-state index is -3.72. The van der Waals surface area contributed by atoms with E-state index >= 15 is 0 Å². The normalized spacial score (nSPS) is 12.6. The van der Waals surface area contributed by atoms with Crippen molar-refractivity contribution < 1.29 is 12.8 Å². The maximum absolute atomic E-state index is 13.4. The third kappa shape index (κ3) is 4.45. The lowest BCUT2D eigenvalue weighted by Crippen LogP contribution is -2.37. The number of hydrogen-bond acceptors (Lipinski definition) is 3. The predicted octanol–water partition coefficient (Wildman–Crippen LogP) is 2.71. The minimum Gasteiger partial charge on any atom is -0.399 e. The van der Waals surface area contributed by atoms with Crippen molar-refractivity contribution in [2.75, 3.05) is 18.8 Å². The van der Waals surface area contributed by atoms with E-state index in [0.717, 1.165) is 12.1 Å². The van der Waals surface area contributed by atoms with E-state index in [9.17, 15) is 12.8 Å². The highest BCUT2D eigenvalue weighted by Gasteiger charge is 2.26. The number of rotatable bonds is 6. The van der Waals surface area contributed by atoms with Crippen LogP contribution in [0.15, 0.2) is 23.1 Å². The minimum absolute atomic E-state index is 0.0868. The Balaban J connectivity index is 3.20. The molecule has 0 heterocycles. The zero-order chi connectivity index (χ0) is 15.5. The van der Waals surface area contributed by atoms with Crippen LogP contribution in [0.3, 0.4) is 0 Å². The molecule has 0 saturated carbocycles. The van der Waals surface area contributed by atoms with Gasteiger partial charge >= 0.3 is 0 Å². The predicted molar refractivity (Wildman–Crippen MR) is 79.2 cm³/mol. The SMILES string of the molecule is CC(C)CN(CC(C)C)S(=O)(=O)c1cc(N)cc(F)c1. The molecule has 0 bridgehead atoms. The van der Waals surface area contributed by atoms with Gasteiger partial charge in [0.25, 0.3) is 0 Å². The van der Waals surface area contributed by atoms with Gasteiger partial charge in [0.15, 0.2) is 0 Å². The summed E-state index contributed by atoms with van der Waals surface area (Å²) in [5.74, 6) is -0.263. The van der Waals surface area contributed by atoms with Crippen molar-refractivity contribution in [3.8, 4) is 0 Å². The first-order valence-corrected chi connectivity index (χ1v) is 8.13. The number of benzene rings is 1. The van der Waals surface area contributed by atoms with Crippen LogP contribution >= 0.6 is 0 Å². The van der Waals surface area contributed by atoms with Crippen LogP contribution in [0.1, 0.15) is 27.7 Å². The van der Waals surface area contributed by atoms with Crippen LogP contribution in [0.5, 0.6) is 0 Å². The Hall–Kier alpha value is -1.14. The third-order valence-electron chi connectivity index (χ3n) is 2.67. The number of anilines is 1. The molecule has 0 spiro atoms. The van der Waals surface area contributed by atoms with Crippen molar-refractivity contribution >= 4 is 15.7 Å². The Kier molecular flexibility index (Phi) is 5.53. The first kappa shape index (κ1) is 16.9. The Morgan fingerprint density at radius 2 is 1.60 bits per heavy atom. The van der Waals surface area contributed by atoms with Gasteiger partial charge in [-0.2, -0.15) is 4.31 Å². The molecule has 0 aliphatic rings. The van der Waals surface area contributed by atoms with Gasteiger partial charge in [0.2, 0.25) is 10.0 Å². The highest BCUT2D eigenvalue weighted by atomic mass is 32.2. The van der Waals surface area contributed by atoms with E-state index in [1.807, 2.05) is 27.7 Å². The number of nitrogens with two attached hydrogens (primary N) is 1. The Labute approximate surface area is 120 Å². The zero-order valence-electron chi connectivity index (χ0n) is 12.4. The lowest BCUT2D eigenvalue weighted by atomic mass is 10.2. The van der Waals surface area contributed by atoms with Crippen molar-refractivity contribution in [1.82, 2.24) is 4.31 Å². The van der Waals surface area contributed by atoms with Crippen molar-refractivity contribution in [2.24, 2.45) is 11.8 Å². The number of hydrogen-bond donors (Lipinski definition) is 1. The van der Waals surface area contributed by atoms with E-state index in [4.69, 9.17) is 5.73 Å². The molecule has 0 fully saturated rings. The van der Waals surface area contributed by atoms with Gasteiger partial charge < -0.3 is 5.73 Å². The van der Waals surface area contributed by atoms with Crippen molar-refractivity contribution in [2.45, 2.75) is 32.6 Å². The molecule has 20 heavy (non-hydrogen) atoms. The van der Waals surface area contributed by atoms with E-state index in [0.29, 0.717) is 13.1 Å². The molecule has 2 N–H and O–H groups in total. The molecular weight excluding hydrogens is 279 g/mol. The molecular formula is C14H23FN2O2S. The van der Waals surface area contributed by atoms with E-state index in [2.05, 4.69) is 0 Å². The molecule has 0 aromatic heterocycles. The van der Waals surface area contributed by atoms with Gasteiger partial charge in [-0.15, -0.1) is 0 Å². The maximum atomic E-state index is 13.4. The summed E-state index contributed by atoms with van der Waals surface area (Å²) in [6, 6.07) is 3.42. The molecule has 0 aliphatic heterocycles. The van der Waals surface area contributed by atoms with Crippen LogP contribution in [0.2, 0.25) is 0 Å². The summed E-state index contributed by atoms with van der Waals surface area (Å²) in [6.45, 7) is 8.59. The van der Waals surface area contributed by atoms with Gasteiger partial charge in [-0.1, -0.05) is 27.7 Å². The first-order valence-electron chi connectivity index (χ1n) is 6.69. The fraction of sp³-hybridized carbons (Fsp3) is 0.571. The lowest BCUT2D eigenvalue weighted by molar-refractivity contribution is 0.333. The summed E-state index contributed by atoms with van der Waals surface area (Å²) in [4.78, 5) is -0.0868. The number of nitrogens with zero attached hydrogens (tertiary/aromatic N) is 1. The molecule has 6 heteroatoms. The van der Waals surface area contributed by atoms with Crippen molar-refractivity contribution in [3.63, 3.8) is 0 Å². The highest BCUT2D eigenvalue weighted by Crippen LogP contribution is 2.22. The number of halogens is 1. The van der Waals surface area contributed by atoms with E-state index in [1.54, 1.807) is 0 Å². The van der Waals surface area contributed by atoms with Gasteiger partial charge in [-0.05, 0) is 30.0 Å². The third-order valence-corrected chi connectivity index (χ3v) is 4.48. The Bertz CT molecular complexity index is 526. The average Bonchev–Trinajstić information content (AvgIpc) is 2.25.